The summed E-state index contributed by atoms with van der Waals surface area (Å²) < 4.78 is 13.3. The molecule has 0 bridgehead atoms. The van der Waals surface area contributed by atoms with Crippen molar-refractivity contribution in [3.05, 3.63) is 59.5 Å². The highest BCUT2D eigenvalue weighted by Gasteiger charge is 2.29. The van der Waals surface area contributed by atoms with E-state index in [0.717, 1.165) is 30.5 Å². The zero-order valence-electron chi connectivity index (χ0n) is 13.1. The van der Waals surface area contributed by atoms with Gasteiger partial charge in [-0.3, -0.25) is 5.32 Å². The number of likely N-dealkylation sites (tertiary alicyclic amines) is 1. The van der Waals surface area contributed by atoms with Gasteiger partial charge >= 0.3 is 6.03 Å². The van der Waals surface area contributed by atoms with Crippen LogP contribution >= 0.6 is 0 Å². The van der Waals surface area contributed by atoms with Gasteiger partial charge in [-0.1, -0.05) is 18.2 Å². The lowest BCUT2D eigenvalue weighted by Crippen LogP contribution is -2.40. The van der Waals surface area contributed by atoms with E-state index in [4.69, 9.17) is 0 Å². The van der Waals surface area contributed by atoms with Crippen LogP contribution in [0, 0.1) is 12.7 Å². The summed E-state index contributed by atoms with van der Waals surface area (Å²) >= 11 is 0. The summed E-state index contributed by atoms with van der Waals surface area (Å²) in [7, 11) is 0. The molecule has 23 heavy (non-hydrogen) atoms. The topological polar surface area (TPSA) is 45.2 Å². The molecule has 0 spiro atoms. The van der Waals surface area contributed by atoms with Gasteiger partial charge in [0, 0.05) is 18.8 Å². The maximum Gasteiger partial charge on any atom is 0.323 e. The van der Waals surface area contributed by atoms with Gasteiger partial charge in [-0.25, -0.2) is 14.2 Å². The fourth-order valence-electron chi connectivity index (χ4n) is 3.04. The average Bonchev–Trinajstić information content (AvgIpc) is 2.98. The molecule has 120 valence electrons. The quantitative estimate of drug-likeness (QED) is 0.937. The number of aryl methyl sites for hydroxylation is 1. The lowest BCUT2D eigenvalue weighted by atomic mass is 10.0. The van der Waals surface area contributed by atoms with Crippen LogP contribution in [-0.2, 0) is 6.42 Å². The normalized spacial score (nSPS) is 17.3. The predicted molar refractivity (Wildman–Crippen MR) is 87.8 cm³/mol. The van der Waals surface area contributed by atoms with Crippen LogP contribution in [-0.4, -0.2) is 28.5 Å². The average molecular weight is 313 g/mol. The lowest BCUT2D eigenvalue weighted by Gasteiger charge is -2.25. The second kappa shape index (κ2) is 6.77. The Morgan fingerprint density at radius 3 is 3.04 bits per heavy atom. The number of hydrogen-bond donors (Lipinski definition) is 1. The van der Waals surface area contributed by atoms with Gasteiger partial charge in [-0.05, 0) is 55.5 Å². The highest BCUT2D eigenvalue weighted by atomic mass is 19.1. The van der Waals surface area contributed by atoms with E-state index < -0.39 is 0 Å². The number of hydrogen-bond acceptors (Lipinski definition) is 2. The summed E-state index contributed by atoms with van der Waals surface area (Å²) in [6, 6.07) is 10.3. The Balaban J connectivity index is 1.69. The first-order chi connectivity index (χ1) is 11.1. The van der Waals surface area contributed by atoms with Crippen LogP contribution in [0.15, 0.2) is 42.6 Å². The Hall–Kier alpha value is -2.43. The van der Waals surface area contributed by atoms with Crippen molar-refractivity contribution in [2.45, 2.75) is 32.2 Å². The SMILES string of the molecule is Cc1cccnc1NC(=O)N1CCCC1Cc1cccc(F)c1. The molecule has 0 aliphatic carbocycles. The number of urea groups is 1. The van der Waals surface area contributed by atoms with Gasteiger partial charge in [0.05, 0.1) is 0 Å². The van der Waals surface area contributed by atoms with Crippen molar-refractivity contribution in [2.24, 2.45) is 0 Å². The maximum atomic E-state index is 13.3. The fraction of sp³-hybridized carbons (Fsp3) is 0.333. The van der Waals surface area contributed by atoms with E-state index in [-0.39, 0.29) is 17.9 Å². The summed E-state index contributed by atoms with van der Waals surface area (Å²) in [5.41, 5.74) is 1.85. The Kier molecular flexibility index (Phi) is 4.55. The van der Waals surface area contributed by atoms with Crippen molar-refractivity contribution in [3.8, 4) is 0 Å². The second-order valence-corrected chi connectivity index (χ2v) is 5.92. The molecule has 1 aromatic carbocycles. The molecule has 3 rings (SSSR count). The zero-order valence-corrected chi connectivity index (χ0v) is 13.1. The molecule has 1 aliphatic rings. The molecule has 2 heterocycles. The van der Waals surface area contributed by atoms with Gasteiger partial charge < -0.3 is 4.90 Å². The minimum atomic E-state index is -0.236. The molecule has 5 heteroatoms. The van der Waals surface area contributed by atoms with Crippen molar-refractivity contribution >= 4 is 11.8 Å². The third kappa shape index (κ3) is 3.67. The van der Waals surface area contributed by atoms with Gasteiger partial charge in [0.1, 0.15) is 11.6 Å². The number of nitrogens with one attached hydrogen (secondary N) is 1. The number of carbonyl (C=O) groups excluding carboxylic acids is 1. The van der Waals surface area contributed by atoms with Crippen molar-refractivity contribution in [3.63, 3.8) is 0 Å². The predicted octanol–water partition coefficient (Wildman–Crippen LogP) is 3.77. The van der Waals surface area contributed by atoms with Crippen LogP contribution in [0.2, 0.25) is 0 Å². The number of pyridine rings is 1. The maximum absolute atomic E-state index is 13.3. The standard InChI is InChI=1S/C18H20FN3O/c1-13-5-3-9-20-17(13)21-18(23)22-10-4-8-16(22)12-14-6-2-7-15(19)11-14/h2-3,5-7,9,11,16H,4,8,10,12H2,1H3,(H,20,21,23). The van der Waals surface area contributed by atoms with Crippen molar-refractivity contribution < 1.29 is 9.18 Å². The van der Waals surface area contributed by atoms with Gasteiger partial charge in [-0.15, -0.1) is 0 Å². The summed E-state index contributed by atoms with van der Waals surface area (Å²) in [5.74, 6) is 0.356. The number of halogens is 1. The Morgan fingerprint density at radius 1 is 1.39 bits per heavy atom. The molecule has 1 unspecified atom stereocenters. The number of aromatic nitrogens is 1. The largest absolute Gasteiger partial charge is 0.323 e. The number of carbonyl (C=O) groups is 1. The van der Waals surface area contributed by atoms with E-state index in [1.54, 1.807) is 12.3 Å². The highest BCUT2D eigenvalue weighted by Crippen LogP contribution is 2.23. The molecule has 0 saturated carbocycles. The molecule has 1 saturated heterocycles. The van der Waals surface area contributed by atoms with Crippen molar-refractivity contribution in [1.82, 2.24) is 9.88 Å². The third-order valence-electron chi connectivity index (χ3n) is 4.23. The van der Waals surface area contributed by atoms with E-state index in [1.807, 2.05) is 30.0 Å². The number of benzene rings is 1. The molecular formula is C18H20FN3O. The summed E-state index contributed by atoms with van der Waals surface area (Å²) in [5, 5.41) is 2.88. The fourth-order valence-corrected chi connectivity index (χ4v) is 3.04. The first-order valence-electron chi connectivity index (χ1n) is 7.87. The van der Waals surface area contributed by atoms with Crippen LogP contribution in [0.5, 0.6) is 0 Å². The monoisotopic (exact) mass is 313 g/mol. The number of rotatable bonds is 3. The number of amides is 2. The van der Waals surface area contributed by atoms with Gasteiger partial charge in [0.25, 0.3) is 0 Å². The molecule has 2 amide bonds. The third-order valence-corrected chi connectivity index (χ3v) is 4.23. The van der Waals surface area contributed by atoms with E-state index in [9.17, 15) is 9.18 Å². The van der Waals surface area contributed by atoms with E-state index in [2.05, 4.69) is 10.3 Å². The molecular weight excluding hydrogens is 293 g/mol. The van der Waals surface area contributed by atoms with Crippen LogP contribution in [0.25, 0.3) is 0 Å². The van der Waals surface area contributed by atoms with Crippen molar-refractivity contribution in [2.75, 3.05) is 11.9 Å². The number of anilines is 1. The smallest absolute Gasteiger partial charge is 0.321 e. The molecule has 0 radical (unpaired) electrons. The second-order valence-electron chi connectivity index (χ2n) is 5.92. The van der Waals surface area contributed by atoms with Gasteiger partial charge in [-0.2, -0.15) is 0 Å². The van der Waals surface area contributed by atoms with Crippen LogP contribution in [0.3, 0.4) is 0 Å². The minimum Gasteiger partial charge on any atom is -0.321 e. The van der Waals surface area contributed by atoms with Crippen molar-refractivity contribution in [1.29, 1.82) is 0 Å². The first kappa shape index (κ1) is 15.5. The van der Waals surface area contributed by atoms with E-state index in [1.165, 1.54) is 12.1 Å². The molecule has 1 fully saturated rings. The van der Waals surface area contributed by atoms with Crippen LogP contribution in [0.4, 0.5) is 15.0 Å². The lowest BCUT2D eigenvalue weighted by molar-refractivity contribution is 0.206. The minimum absolute atomic E-state index is 0.0980. The molecule has 2 aromatic rings. The molecule has 1 aliphatic heterocycles. The van der Waals surface area contributed by atoms with Crippen LogP contribution in [0.1, 0.15) is 24.0 Å². The summed E-state index contributed by atoms with van der Waals surface area (Å²) in [6.07, 6.45) is 4.24. The zero-order chi connectivity index (χ0) is 16.2. The molecule has 1 aromatic heterocycles. The Labute approximate surface area is 135 Å². The molecule has 4 nitrogen and oxygen atoms in total. The highest BCUT2D eigenvalue weighted by molar-refractivity contribution is 5.89. The van der Waals surface area contributed by atoms with Gasteiger partial charge in [0.15, 0.2) is 0 Å². The van der Waals surface area contributed by atoms with E-state index in [0.29, 0.717) is 12.2 Å². The van der Waals surface area contributed by atoms with E-state index >= 15 is 0 Å². The summed E-state index contributed by atoms with van der Waals surface area (Å²) in [4.78, 5) is 18.6. The van der Waals surface area contributed by atoms with Gasteiger partial charge in [0.2, 0.25) is 0 Å². The first-order valence-corrected chi connectivity index (χ1v) is 7.87. The van der Waals surface area contributed by atoms with Crippen LogP contribution < -0.4 is 5.32 Å². The Bertz CT molecular complexity index is 704. The summed E-state index contributed by atoms with van der Waals surface area (Å²) in [6.45, 7) is 2.63. The molecule has 1 N–H and O–H groups in total. The molecule has 1 atom stereocenters. The number of nitrogens with zero attached hydrogens (tertiary/aromatic N) is 2. The Morgan fingerprint density at radius 2 is 2.26 bits per heavy atom.